The predicted octanol–water partition coefficient (Wildman–Crippen LogP) is 3.32. The number of hydrogen-bond acceptors (Lipinski definition) is 1. The van der Waals surface area contributed by atoms with Gasteiger partial charge in [0.05, 0.1) is 5.33 Å². The Morgan fingerprint density at radius 3 is 2.29 bits per heavy atom. The minimum absolute atomic E-state index is 0.224. The van der Waals surface area contributed by atoms with Gasteiger partial charge in [-0.05, 0) is 17.0 Å². The van der Waals surface area contributed by atoms with Gasteiger partial charge in [0, 0.05) is 6.42 Å². The Bertz CT molecular complexity index is 301. The third-order valence-electron chi connectivity index (χ3n) is 2.20. The highest BCUT2D eigenvalue weighted by molar-refractivity contribution is 9.09. The maximum atomic E-state index is 11.2. The van der Waals surface area contributed by atoms with Crippen LogP contribution in [0.15, 0.2) is 24.3 Å². The molecule has 0 spiro atoms. The number of carbonyl (C=O) groups is 1. The summed E-state index contributed by atoms with van der Waals surface area (Å²) in [5.74, 6) is 0.776. The third-order valence-corrected chi connectivity index (χ3v) is 2.82. The summed E-state index contributed by atoms with van der Waals surface area (Å²) in [5, 5.41) is 0.443. The lowest BCUT2D eigenvalue weighted by molar-refractivity contribution is -0.115. The van der Waals surface area contributed by atoms with Gasteiger partial charge in [-0.15, -0.1) is 0 Å². The van der Waals surface area contributed by atoms with Crippen LogP contribution >= 0.6 is 15.9 Å². The zero-order valence-corrected chi connectivity index (χ0v) is 10.2. The molecule has 1 aromatic carbocycles. The van der Waals surface area contributed by atoms with Crippen molar-refractivity contribution in [2.24, 2.45) is 0 Å². The fourth-order valence-electron chi connectivity index (χ4n) is 1.30. The molecule has 76 valence electrons. The minimum Gasteiger partial charge on any atom is -0.298 e. The van der Waals surface area contributed by atoms with Gasteiger partial charge in [-0.2, -0.15) is 0 Å². The lowest BCUT2D eigenvalue weighted by Gasteiger charge is -2.05. The molecule has 0 aliphatic heterocycles. The summed E-state index contributed by atoms with van der Waals surface area (Å²) in [6.07, 6.45) is 0.531. The molecule has 1 nitrogen and oxygen atoms in total. The standard InChI is InChI=1S/C12H15BrO/c1-9(2)11-5-3-10(4-6-11)7-12(14)8-13/h3-6,9H,7-8H2,1-2H3. The fraction of sp³-hybridized carbons (Fsp3) is 0.417. The van der Waals surface area contributed by atoms with Crippen LogP contribution in [0.1, 0.15) is 30.9 Å². The van der Waals surface area contributed by atoms with E-state index in [1.54, 1.807) is 0 Å². The fourth-order valence-corrected chi connectivity index (χ4v) is 1.49. The topological polar surface area (TPSA) is 17.1 Å². The van der Waals surface area contributed by atoms with E-state index in [1.165, 1.54) is 5.56 Å². The Morgan fingerprint density at radius 2 is 1.86 bits per heavy atom. The molecular weight excluding hydrogens is 240 g/mol. The highest BCUT2D eigenvalue weighted by Crippen LogP contribution is 2.15. The Hall–Kier alpha value is -0.630. The molecule has 0 amide bonds. The minimum atomic E-state index is 0.224. The first-order chi connectivity index (χ1) is 6.63. The lowest BCUT2D eigenvalue weighted by Crippen LogP contribution is -2.03. The molecule has 0 heterocycles. The van der Waals surface area contributed by atoms with Gasteiger partial charge in [0.1, 0.15) is 5.78 Å². The maximum Gasteiger partial charge on any atom is 0.147 e. The first kappa shape index (κ1) is 11.4. The number of Topliss-reactive ketones (excluding diaryl/α,β-unsaturated/α-hetero) is 1. The van der Waals surface area contributed by atoms with Crippen molar-refractivity contribution in [2.45, 2.75) is 26.2 Å². The first-order valence-corrected chi connectivity index (χ1v) is 5.92. The normalized spacial score (nSPS) is 10.6. The molecule has 2 heteroatoms. The Labute approximate surface area is 93.7 Å². The molecule has 0 radical (unpaired) electrons. The van der Waals surface area contributed by atoms with Gasteiger partial charge in [-0.1, -0.05) is 54.0 Å². The second-order valence-corrected chi connectivity index (χ2v) is 4.31. The summed E-state index contributed by atoms with van der Waals surface area (Å²) < 4.78 is 0. The summed E-state index contributed by atoms with van der Waals surface area (Å²) in [4.78, 5) is 11.2. The van der Waals surface area contributed by atoms with Crippen molar-refractivity contribution in [1.29, 1.82) is 0 Å². The first-order valence-electron chi connectivity index (χ1n) is 4.80. The average Bonchev–Trinajstić information content (AvgIpc) is 2.18. The number of alkyl halides is 1. The number of halogens is 1. The van der Waals surface area contributed by atoms with Gasteiger partial charge < -0.3 is 0 Å². The van der Waals surface area contributed by atoms with Crippen molar-refractivity contribution in [3.63, 3.8) is 0 Å². The summed E-state index contributed by atoms with van der Waals surface area (Å²) in [6.45, 7) is 4.33. The van der Waals surface area contributed by atoms with E-state index in [4.69, 9.17) is 0 Å². The van der Waals surface area contributed by atoms with Crippen LogP contribution in [0.25, 0.3) is 0 Å². The molecule has 0 saturated heterocycles. The molecule has 0 N–H and O–H groups in total. The van der Waals surface area contributed by atoms with E-state index in [-0.39, 0.29) is 5.78 Å². The van der Waals surface area contributed by atoms with Crippen molar-refractivity contribution in [1.82, 2.24) is 0 Å². The van der Waals surface area contributed by atoms with Crippen LogP contribution in [0, 0.1) is 0 Å². The van der Waals surface area contributed by atoms with Crippen molar-refractivity contribution in [2.75, 3.05) is 5.33 Å². The summed E-state index contributed by atoms with van der Waals surface area (Å²) in [5.41, 5.74) is 2.42. The number of hydrogen-bond donors (Lipinski definition) is 0. The van der Waals surface area contributed by atoms with Crippen molar-refractivity contribution >= 4 is 21.7 Å². The number of rotatable bonds is 4. The monoisotopic (exact) mass is 254 g/mol. The second kappa shape index (κ2) is 5.30. The van der Waals surface area contributed by atoms with Gasteiger partial charge in [-0.25, -0.2) is 0 Å². The van der Waals surface area contributed by atoms with Gasteiger partial charge in [0.15, 0.2) is 0 Å². The molecule has 0 bridgehead atoms. The van der Waals surface area contributed by atoms with E-state index >= 15 is 0 Å². The van der Waals surface area contributed by atoms with Crippen LogP contribution in [0.5, 0.6) is 0 Å². The molecule has 0 aliphatic carbocycles. The summed E-state index contributed by atoms with van der Waals surface area (Å²) in [6, 6.07) is 8.27. The van der Waals surface area contributed by atoms with Gasteiger partial charge >= 0.3 is 0 Å². The zero-order chi connectivity index (χ0) is 10.6. The van der Waals surface area contributed by atoms with E-state index in [0.29, 0.717) is 17.7 Å². The van der Waals surface area contributed by atoms with Crippen LogP contribution in [-0.2, 0) is 11.2 Å². The number of carbonyl (C=O) groups excluding carboxylic acids is 1. The zero-order valence-electron chi connectivity index (χ0n) is 8.59. The SMILES string of the molecule is CC(C)c1ccc(CC(=O)CBr)cc1. The molecule has 14 heavy (non-hydrogen) atoms. The largest absolute Gasteiger partial charge is 0.298 e. The van der Waals surface area contributed by atoms with E-state index < -0.39 is 0 Å². The second-order valence-electron chi connectivity index (χ2n) is 3.75. The van der Waals surface area contributed by atoms with Crippen LogP contribution in [-0.4, -0.2) is 11.1 Å². The van der Waals surface area contributed by atoms with Gasteiger partial charge in [0.2, 0.25) is 0 Å². The molecule has 1 aromatic rings. The average molecular weight is 255 g/mol. The Morgan fingerprint density at radius 1 is 1.29 bits per heavy atom. The van der Waals surface area contributed by atoms with Crippen LogP contribution < -0.4 is 0 Å². The molecular formula is C12H15BrO. The van der Waals surface area contributed by atoms with Gasteiger partial charge in [-0.3, -0.25) is 4.79 Å². The summed E-state index contributed by atoms with van der Waals surface area (Å²) in [7, 11) is 0. The van der Waals surface area contributed by atoms with Crippen LogP contribution in [0.2, 0.25) is 0 Å². The molecule has 0 atom stereocenters. The molecule has 0 unspecified atom stereocenters. The highest BCUT2D eigenvalue weighted by Gasteiger charge is 2.02. The summed E-state index contributed by atoms with van der Waals surface area (Å²) >= 11 is 3.16. The smallest absolute Gasteiger partial charge is 0.147 e. The number of benzene rings is 1. The lowest BCUT2D eigenvalue weighted by atomic mass is 10.0. The molecule has 0 aliphatic rings. The van der Waals surface area contributed by atoms with Crippen molar-refractivity contribution < 1.29 is 4.79 Å². The van der Waals surface area contributed by atoms with Crippen LogP contribution in [0.3, 0.4) is 0 Å². The highest BCUT2D eigenvalue weighted by atomic mass is 79.9. The Balaban J connectivity index is 2.69. The Kier molecular flexibility index (Phi) is 4.33. The van der Waals surface area contributed by atoms with E-state index in [9.17, 15) is 4.79 Å². The van der Waals surface area contributed by atoms with Gasteiger partial charge in [0.25, 0.3) is 0 Å². The quantitative estimate of drug-likeness (QED) is 0.754. The van der Waals surface area contributed by atoms with Crippen molar-refractivity contribution in [3.8, 4) is 0 Å². The predicted molar refractivity (Wildman–Crippen MR) is 63.0 cm³/mol. The van der Waals surface area contributed by atoms with E-state index in [2.05, 4.69) is 41.9 Å². The maximum absolute atomic E-state index is 11.2. The van der Waals surface area contributed by atoms with Crippen molar-refractivity contribution in [3.05, 3.63) is 35.4 Å². The van der Waals surface area contributed by atoms with Crippen LogP contribution in [0.4, 0.5) is 0 Å². The number of ketones is 1. The molecule has 0 saturated carbocycles. The third kappa shape index (κ3) is 3.26. The van der Waals surface area contributed by atoms with E-state index in [1.807, 2.05) is 12.1 Å². The van der Waals surface area contributed by atoms with E-state index in [0.717, 1.165) is 5.56 Å². The molecule has 0 fully saturated rings. The molecule has 0 aromatic heterocycles. The molecule has 1 rings (SSSR count).